The molecule has 1 atom stereocenters. The monoisotopic (exact) mass is 390 g/mol. The van der Waals surface area contributed by atoms with E-state index in [4.69, 9.17) is 9.51 Å². The summed E-state index contributed by atoms with van der Waals surface area (Å²) in [6.45, 7) is 6.75. The van der Waals surface area contributed by atoms with Crippen molar-refractivity contribution in [1.82, 2.24) is 20.0 Å². The lowest BCUT2D eigenvalue weighted by Gasteiger charge is -2.26. The number of carbonyl (C=O) groups is 1. The number of hydrogen-bond acceptors (Lipinski definition) is 5. The molecule has 0 aliphatic carbocycles. The predicted octanol–water partition coefficient (Wildman–Crippen LogP) is 4.68. The Kier molecular flexibility index (Phi) is 5.43. The van der Waals surface area contributed by atoms with Crippen LogP contribution in [0.5, 0.6) is 0 Å². The zero-order valence-corrected chi connectivity index (χ0v) is 17.2. The molecule has 1 aromatic carbocycles. The SMILES string of the molecule is CCCc1ncc(-c2onc(C)c2C)c([C@@H]2CCCN2C(=O)c2ccccc2)n1. The highest BCUT2D eigenvalue weighted by molar-refractivity contribution is 5.94. The van der Waals surface area contributed by atoms with Crippen LogP contribution < -0.4 is 0 Å². The van der Waals surface area contributed by atoms with Gasteiger partial charge in [0.15, 0.2) is 5.76 Å². The van der Waals surface area contributed by atoms with Crippen LogP contribution in [0, 0.1) is 13.8 Å². The fraction of sp³-hybridized carbons (Fsp3) is 0.391. The summed E-state index contributed by atoms with van der Waals surface area (Å²) >= 11 is 0. The van der Waals surface area contributed by atoms with E-state index in [1.54, 1.807) is 0 Å². The number of benzene rings is 1. The van der Waals surface area contributed by atoms with Crippen LogP contribution in [-0.2, 0) is 6.42 Å². The molecule has 0 N–H and O–H groups in total. The van der Waals surface area contributed by atoms with Gasteiger partial charge in [-0.05, 0) is 45.2 Å². The van der Waals surface area contributed by atoms with Gasteiger partial charge in [0.1, 0.15) is 5.82 Å². The summed E-state index contributed by atoms with van der Waals surface area (Å²) in [5.74, 6) is 1.54. The summed E-state index contributed by atoms with van der Waals surface area (Å²) in [5, 5.41) is 4.11. The van der Waals surface area contributed by atoms with Crippen molar-refractivity contribution < 1.29 is 9.32 Å². The fourth-order valence-corrected chi connectivity index (χ4v) is 3.91. The molecule has 0 radical (unpaired) electrons. The highest BCUT2D eigenvalue weighted by Crippen LogP contribution is 2.38. The van der Waals surface area contributed by atoms with Gasteiger partial charge in [0.05, 0.1) is 23.0 Å². The smallest absolute Gasteiger partial charge is 0.254 e. The molecule has 29 heavy (non-hydrogen) atoms. The summed E-state index contributed by atoms with van der Waals surface area (Å²) < 4.78 is 5.63. The van der Waals surface area contributed by atoms with E-state index in [9.17, 15) is 4.79 Å². The molecular formula is C23H26N4O2. The van der Waals surface area contributed by atoms with Gasteiger partial charge >= 0.3 is 0 Å². The maximum Gasteiger partial charge on any atom is 0.254 e. The van der Waals surface area contributed by atoms with Crippen LogP contribution in [0.25, 0.3) is 11.3 Å². The van der Waals surface area contributed by atoms with Crippen molar-refractivity contribution in [3.05, 3.63) is 64.9 Å². The number of likely N-dealkylation sites (tertiary alicyclic amines) is 1. The summed E-state index contributed by atoms with van der Waals surface area (Å²) in [7, 11) is 0. The lowest BCUT2D eigenvalue weighted by atomic mass is 10.0. The maximum atomic E-state index is 13.2. The summed E-state index contributed by atoms with van der Waals surface area (Å²) in [6, 6.07) is 9.35. The van der Waals surface area contributed by atoms with Crippen LogP contribution in [0.3, 0.4) is 0 Å². The number of rotatable bonds is 5. The van der Waals surface area contributed by atoms with Crippen LogP contribution in [0.2, 0.25) is 0 Å². The van der Waals surface area contributed by atoms with Gasteiger partial charge in [0, 0.05) is 30.3 Å². The van der Waals surface area contributed by atoms with E-state index in [0.29, 0.717) is 11.3 Å². The Morgan fingerprint density at radius 1 is 1.24 bits per heavy atom. The van der Waals surface area contributed by atoms with Crippen molar-refractivity contribution in [3.8, 4) is 11.3 Å². The molecule has 6 heteroatoms. The molecule has 1 amide bonds. The van der Waals surface area contributed by atoms with E-state index < -0.39 is 0 Å². The zero-order valence-electron chi connectivity index (χ0n) is 17.2. The Morgan fingerprint density at radius 3 is 2.72 bits per heavy atom. The van der Waals surface area contributed by atoms with E-state index in [2.05, 4.69) is 17.1 Å². The molecule has 3 aromatic rings. The molecule has 0 spiro atoms. The number of amides is 1. The second-order valence-corrected chi connectivity index (χ2v) is 7.58. The third-order valence-electron chi connectivity index (χ3n) is 5.59. The van der Waals surface area contributed by atoms with Gasteiger partial charge < -0.3 is 9.42 Å². The first-order valence-electron chi connectivity index (χ1n) is 10.2. The first kappa shape index (κ1) is 19.3. The molecule has 0 saturated carbocycles. The molecule has 1 saturated heterocycles. The third kappa shape index (κ3) is 3.67. The standard InChI is InChI=1S/C23H26N4O2/c1-4-9-20-24-14-18(22-15(2)16(3)26-29-22)21(25-20)19-12-8-13-27(19)23(28)17-10-6-5-7-11-17/h5-7,10-11,14,19H,4,8-9,12-13H2,1-3H3/t19-/m0/s1. The Balaban J connectivity index is 1.78. The van der Waals surface area contributed by atoms with E-state index in [1.807, 2.05) is 55.3 Å². The molecular weight excluding hydrogens is 364 g/mol. The molecule has 6 nitrogen and oxygen atoms in total. The van der Waals surface area contributed by atoms with Gasteiger partial charge in [0.2, 0.25) is 0 Å². The summed E-state index contributed by atoms with van der Waals surface area (Å²) in [5.41, 5.74) is 4.24. The van der Waals surface area contributed by atoms with Gasteiger partial charge in [-0.1, -0.05) is 30.3 Å². The Hall–Kier alpha value is -3.02. The van der Waals surface area contributed by atoms with Crippen LogP contribution in [0.15, 0.2) is 41.1 Å². The Morgan fingerprint density at radius 2 is 2.03 bits per heavy atom. The van der Waals surface area contributed by atoms with Crippen molar-refractivity contribution in [2.45, 2.75) is 52.5 Å². The average molecular weight is 390 g/mol. The molecule has 1 aliphatic heterocycles. The van der Waals surface area contributed by atoms with E-state index in [1.165, 1.54) is 0 Å². The molecule has 0 unspecified atom stereocenters. The molecule has 0 bridgehead atoms. The minimum Gasteiger partial charge on any atom is -0.356 e. The minimum atomic E-state index is -0.0962. The number of aromatic nitrogens is 3. The number of hydrogen-bond donors (Lipinski definition) is 0. The van der Waals surface area contributed by atoms with Crippen molar-refractivity contribution in [2.24, 2.45) is 0 Å². The summed E-state index contributed by atoms with van der Waals surface area (Å²) in [6.07, 6.45) is 5.44. The molecule has 1 aliphatic rings. The van der Waals surface area contributed by atoms with Gasteiger partial charge in [-0.15, -0.1) is 0 Å². The van der Waals surface area contributed by atoms with Crippen molar-refractivity contribution >= 4 is 5.91 Å². The predicted molar refractivity (Wildman–Crippen MR) is 110 cm³/mol. The van der Waals surface area contributed by atoms with Crippen LogP contribution in [-0.4, -0.2) is 32.5 Å². The normalized spacial score (nSPS) is 16.4. The second kappa shape index (κ2) is 8.15. The largest absolute Gasteiger partial charge is 0.356 e. The lowest BCUT2D eigenvalue weighted by molar-refractivity contribution is 0.0733. The molecule has 4 rings (SSSR count). The molecule has 150 valence electrons. The van der Waals surface area contributed by atoms with E-state index in [0.717, 1.165) is 60.6 Å². The van der Waals surface area contributed by atoms with Gasteiger partial charge in [-0.2, -0.15) is 0 Å². The van der Waals surface area contributed by atoms with Crippen molar-refractivity contribution in [1.29, 1.82) is 0 Å². The number of nitrogens with zero attached hydrogens (tertiary/aromatic N) is 4. The third-order valence-corrected chi connectivity index (χ3v) is 5.59. The highest BCUT2D eigenvalue weighted by atomic mass is 16.5. The Bertz CT molecular complexity index is 1010. The van der Waals surface area contributed by atoms with Crippen LogP contribution in [0.4, 0.5) is 0 Å². The zero-order chi connectivity index (χ0) is 20.4. The Labute approximate surface area is 171 Å². The molecule has 2 aromatic heterocycles. The summed E-state index contributed by atoms with van der Waals surface area (Å²) in [4.78, 5) is 24.6. The second-order valence-electron chi connectivity index (χ2n) is 7.58. The van der Waals surface area contributed by atoms with Crippen LogP contribution >= 0.6 is 0 Å². The van der Waals surface area contributed by atoms with Gasteiger partial charge in [-0.3, -0.25) is 4.79 Å². The van der Waals surface area contributed by atoms with Crippen LogP contribution in [0.1, 0.15) is 65.4 Å². The van der Waals surface area contributed by atoms with E-state index in [-0.39, 0.29) is 11.9 Å². The lowest BCUT2D eigenvalue weighted by Crippen LogP contribution is -2.31. The first-order chi connectivity index (χ1) is 14.1. The highest BCUT2D eigenvalue weighted by Gasteiger charge is 2.34. The molecule has 3 heterocycles. The first-order valence-corrected chi connectivity index (χ1v) is 10.2. The minimum absolute atomic E-state index is 0.0418. The average Bonchev–Trinajstić information content (AvgIpc) is 3.36. The fourth-order valence-electron chi connectivity index (χ4n) is 3.91. The number of carbonyl (C=O) groups excluding carboxylic acids is 1. The quantitative estimate of drug-likeness (QED) is 0.632. The van der Waals surface area contributed by atoms with Gasteiger partial charge in [0.25, 0.3) is 5.91 Å². The maximum absolute atomic E-state index is 13.2. The van der Waals surface area contributed by atoms with Crippen molar-refractivity contribution in [2.75, 3.05) is 6.54 Å². The van der Waals surface area contributed by atoms with E-state index >= 15 is 0 Å². The number of aryl methyl sites for hydroxylation is 2. The topological polar surface area (TPSA) is 72.1 Å². The molecule has 1 fully saturated rings. The van der Waals surface area contributed by atoms with Crippen molar-refractivity contribution in [3.63, 3.8) is 0 Å². The van der Waals surface area contributed by atoms with Gasteiger partial charge in [-0.25, -0.2) is 9.97 Å².